The summed E-state index contributed by atoms with van der Waals surface area (Å²) in [6.45, 7) is 2.14. The SMILES string of the molecule is NC(=O)C[CH]C1CCNCC1. The topological polar surface area (TPSA) is 55.1 Å². The Morgan fingerprint density at radius 1 is 1.55 bits per heavy atom. The summed E-state index contributed by atoms with van der Waals surface area (Å²) in [7, 11) is 0. The molecule has 1 radical (unpaired) electrons. The van der Waals surface area contributed by atoms with Crippen LogP contribution >= 0.6 is 0 Å². The third-order valence-electron chi connectivity index (χ3n) is 2.04. The summed E-state index contributed by atoms with van der Waals surface area (Å²) in [6, 6.07) is 0. The smallest absolute Gasteiger partial charge is 0.217 e. The van der Waals surface area contributed by atoms with Gasteiger partial charge in [0.05, 0.1) is 0 Å². The first-order valence-electron chi connectivity index (χ1n) is 4.11. The van der Waals surface area contributed by atoms with Gasteiger partial charge in [0.25, 0.3) is 0 Å². The Labute approximate surface area is 67.3 Å². The van der Waals surface area contributed by atoms with E-state index in [0.717, 1.165) is 25.9 Å². The number of primary amides is 1. The zero-order chi connectivity index (χ0) is 8.10. The third kappa shape index (κ3) is 3.37. The molecule has 0 saturated carbocycles. The molecule has 0 bridgehead atoms. The lowest BCUT2D eigenvalue weighted by atomic mass is 9.93. The Hall–Kier alpha value is -0.570. The fourth-order valence-corrected chi connectivity index (χ4v) is 1.36. The van der Waals surface area contributed by atoms with E-state index in [1.165, 1.54) is 0 Å². The van der Waals surface area contributed by atoms with E-state index in [-0.39, 0.29) is 5.91 Å². The van der Waals surface area contributed by atoms with Gasteiger partial charge in [0, 0.05) is 6.42 Å². The quantitative estimate of drug-likeness (QED) is 0.605. The fraction of sp³-hybridized carbons (Fsp3) is 0.750. The zero-order valence-corrected chi connectivity index (χ0v) is 6.68. The van der Waals surface area contributed by atoms with Crippen LogP contribution in [-0.2, 0) is 4.79 Å². The minimum Gasteiger partial charge on any atom is -0.370 e. The summed E-state index contributed by atoms with van der Waals surface area (Å²) in [5, 5.41) is 3.27. The van der Waals surface area contributed by atoms with E-state index in [2.05, 4.69) is 5.32 Å². The molecular weight excluding hydrogens is 140 g/mol. The Morgan fingerprint density at radius 2 is 2.18 bits per heavy atom. The molecule has 0 aromatic heterocycles. The van der Waals surface area contributed by atoms with Crippen LogP contribution in [0.25, 0.3) is 0 Å². The molecule has 1 heterocycles. The van der Waals surface area contributed by atoms with Gasteiger partial charge in [-0.3, -0.25) is 4.79 Å². The van der Waals surface area contributed by atoms with Crippen molar-refractivity contribution in [3.05, 3.63) is 6.42 Å². The average Bonchev–Trinajstić information content (AvgIpc) is 2.03. The van der Waals surface area contributed by atoms with Crippen LogP contribution in [0.2, 0.25) is 0 Å². The molecule has 11 heavy (non-hydrogen) atoms. The van der Waals surface area contributed by atoms with E-state index in [9.17, 15) is 4.79 Å². The molecule has 1 saturated heterocycles. The largest absolute Gasteiger partial charge is 0.370 e. The van der Waals surface area contributed by atoms with Gasteiger partial charge in [-0.2, -0.15) is 0 Å². The molecule has 0 aromatic carbocycles. The maximum absolute atomic E-state index is 10.4. The highest BCUT2D eigenvalue weighted by Gasteiger charge is 2.13. The van der Waals surface area contributed by atoms with E-state index >= 15 is 0 Å². The van der Waals surface area contributed by atoms with Crippen molar-refractivity contribution in [2.24, 2.45) is 11.7 Å². The number of hydrogen-bond acceptors (Lipinski definition) is 2. The van der Waals surface area contributed by atoms with Crippen LogP contribution in [0.15, 0.2) is 0 Å². The summed E-state index contributed by atoms with van der Waals surface area (Å²) in [5.74, 6) is 0.382. The third-order valence-corrected chi connectivity index (χ3v) is 2.04. The van der Waals surface area contributed by atoms with Gasteiger partial charge >= 0.3 is 0 Å². The minimum absolute atomic E-state index is 0.219. The molecule has 3 N–H and O–H groups in total. The second-order valence-electron chi connectivity index (χ2n) is 2.99. The number of rotatable bonds is 3. The van der Waals surface area contributed by atoms with Crippen molar-refractivity contribution < 1.29 is 4.79 Å². The second kappa shape index (κ2) is 4.34. The van der Waals surface area contributed by atoms with Crippen LogP contribution in [-0.4, -0.2) is 19.0 Å². The molecule has 0 aliphatic carbocycles. The molecule has 63 valence electrons. The normalized spacial score (nSPS) is 20.0. The zero-order valence-electron chi connectivity index (χ0n) is 6.68. The number of hydrogen-bond donors (Lipinski definition) is 2. The van der Waals surface area contributed by atoms with Crippen LogP contribution < -0.4 is 11.1 Å². The maximum atomic E-state index is 10.4. The Bertz CT molecular complexity index is 130. The lowest BCUT2D eigenvalue weighted by Crippen LogP contribution is -2.28. The van der Waals surface area contributed by atoms with Gasteiger partial charge in [0.2, 0.25) is 5.91 Å². The monoisotopic (exact) mass is 155 g/mol. The number of carbonyl (C=O) groups is 1. The molecular formula is C8H15N2O. The molecule has 1 aliphatic heterocycles. The predicted molar refractivity (Wildman–Crippen MR) is 43.7 cm³/mol. The van der Waals surface area contributed by atoms with Crippen molar-refractivity contribution >= 4 is 5.91 Å². The lowest BCUT2D eigenvalue weighted by molar-refractivity contribution is -0.117. The van der Waals surface area contributed by atoms with Crippen molar-refractivity contribution in [1.29, 1.82) is 0 Å². The molecule has 1 fully saturated rings. The standard InChI is InChI=1S/C8H15N2O/c9-8(11)2-1-7-3-5-10-6-4-7/h1,7,10H,2-6H2,(H2,9,11). The molecule has 0 spiro atoms. The number of amides is 1. The average molecular weight is 155 g/mol. The van der Waals surface area contributed by atoms with Crippen molar-refractivity contribution in [3.8, 4) is 0 Å². The van der Waals surface area contributed by atoms with Crippen LogP contribution in [0.1, 0.15) is 19.3 Å². The number of nitrogens with two attached hydrogens (primary N) is 1. The van der Waals surface area contributed by atoms with Crippen LogP contribution in [0.4, 0.5) is 0 Å². The molecule has 0 unspecified atom stereocenters. The molecule has 1 amide bonds. The van der Waals surface area contributed by atoms with E-state index < -0.39 is 0 Å². The Balaban J connectivity index is 2.09. The first-order valence-corrected chi connectivity index (χ1v) is 4.11. The van der Waals surface area contributed by atoms with Crippen LogP contribution in [0, 0.1) is 12.3 Å². The highest BCUT2D eigenvalue weighted by molar-refractivity contribution is 5.74. The van der Waals surface area contributed by atoms with Gasteiger partial charge in [0.15, 0.2) is 0 Å². The first kappa shape index (κ1) is 8.53. The lowest BCUT2D eigenvalue weighted by Gasteiger charge is -2.21. The van der Waals surface area contributed by atoms with Gasteiger partial charge in [-0.25, -0.2) is 0 Å². The Kier molecular flexibility index (Phi) is 3.36. The number of nitrogens with one attached hydrogen (secondary N) is 1. The highest BCUT2D eigenvalue weighted by atomic mass is 16.1. The highest BCUT2D eigenvalue weighted by Crippen LogP contribution is 2.15. The summed E-state index contributed by atoms with van der Waals surface area (Å²) in [6.07, 6.45) is 4.77. The van der Waals surface area contributed by atoms with Gasteiger partial charge < -0.3 is 11.1 Å². The number of carbonyl (C=O) groups excluding carboxylic acids is 1. The van der Waals surface area contributed by atoms with E-state index in [4.69, 9.17) is 5.73 Å². The molecule has 0 aromatic rings. The van der Waals surface area contributed by atoms with Gasteiger partial charge in [0.1, 0.15) is 0 Å². The molecule has 3 heteroatoms. The van der Waals surface area contributed by atoms with Crippen molar-refractivity contribution in [3.63, 3.8) is 0 Å². The maximum Gasteiger partial charge on any atom is 0.217 e. The second-order valence-corrected chi connectivity index (χ2v) is 2.99. The van der Waals surface area contributed by atoms with Crippen LogP contribution in [0.3, 0.4) is 0 Å². The first-order chi connectivity index (χ1) is 5.29. The van der Waals surface area contributed by atoms with Crippen LogP contribution in [0.5, 0.6) is 0 Å². The summed E-state index contributed by atoms with van der Waals surface area (Å²) >= 11 is 0. The minimum atomic E-state index is -0.219. The van der Waals surface area contributed by atoms with E-state index in [0.29, 0.717) is 12.3 Å². The van der Waals surface area contributed by atoms with Gasteiger partial charge in [-0.15, -0.1) is 0 Å². The molecule has 0 atom stereocenters. The van der Waals surface area contributed by atoms with E-state index in [1.54, 1.807) is 0 Å². The summed E-state index contributed by atoms with van der Waals surface area (Å²) in [5.41, 5.74) is 5.02. The van der Waals surface area contributed by atoms with E-state index in [1.807, 2.05) is 6.42 Å². The summed E-state index contributed by atoms with van der Waals surface area (Å²) < 4.78 is 0. The van der Waals surface area contributed by atoms with Gasteiger partial charge in [-0.1, -0.05) is 0 Å². The summed E-state index contributed by atoms with van der Waals surface area (Å²) in [4.78, 5) is 10.4. The Morgan fingerprint density at radius 3 is 2.73 bits per heavy atom. The molecule has 3 nitrogen and oxygen atoms in total. The predicted octanol–water partition coefficient (Wildman–Crippen LogP) is 0.0657. The van der Waals surface area contributed by atoms with Crippen molar-refractivity contribution in [2.75, 3.05) is 13.1 Å². The molecule has 1 rings (SSSR count). The molecule has 1 aliphatic rings. The van der Waals surface area contributed by atoms with Crippen molar-refractivity contribution in [1.82, 2.24) is 5.32 Å². The van der Waals surface area contributed by atoms with Gasteiger partial charge in [-0.05, 0) is 38.3 Å². The number of piperidine rings is 1. The van der Waals surface area contributed by atoms with Crippen molar-refractivity contribution in [2.45, 2.75) is 19.3 Å². The fourth-order valence-electron chi connectivity index (χ4n) is 1.36.